The van der Waals surface area contributed by atoms with Crippen molar-refractivity contribution in [2.75, 3.05) is 26.2 Å². The lowest BCUT2D eigenvalue weighted by molar-refractivity contribution is -0.123. The average molecular weight is 265 g/mol. The molecule has 0 bridgehead atoms. The predicted octanol–water partition coefficient (Wildman–Crippen LogP) is 1.20. The number of likely N-dealkylation sites (tertiary alicyclic amines) is 2. The zero-order chi connectivity index (χ0) is 13.2. The molecule has 0 aromatic carbocycles. The molecule has 4 heteroatoms. The third-order valence-electron chi connectivity index (χ3n) is 5.39. The second-order valence-electron chi connectivity index (χ2n) is 6.63. The van der Waals surface area contributed by atoms with Crippen molar-refractivity contribution in [1.29, 1.82) is 0 Å². The van der Waals surface area contributed by atoms with Crippen LogP contribution in [0, 0.1) is 5.92 Å². The fraction of sp³-hybridized carbons (Fsp3) is 0.933. The van der Waals surface area contributed by atoms with Gasteiger partial charge >= 0.3 is 0 Å². The number of hydrogen-bond acceptors (Lipinski definition) is 3. The summed E-state index contributed by atoms with van der Waals surface area (Å²) in [5, 5.41) is 0. The Labute approximate surface area is 116 Å². The van der Waals surface area contributed by atoms with Crippen LogP contribution < -0.4 is 5.73 Å². The zero-order valence-corrected chi connectivity index (χ0v) is 11.9. The summed E-state index contributed by atoms with van der Waals surface area (Å²) in [7, 11) is 0. The first-order valence-corrected chi connectivity index (χ1v) is 8.01. The lowest BCUT2D eigenvalue weighted by atomic mass is 9.84. The highest BCUT2D eigenvalue weighted by atomic mass is 16.1. The summed E-state index contributed by atoms with van der Waals surface area (Å²) in [6.07, 6.45) is 8.86. The molecule has 1 aliphatic carbocycles. The van der Waals surface area contributed by atoms with Crippen LogP contribution in [-0.2, 0) is 4.79 Å². The Morgan fingerprint density at radius 2 is 1.74 bits per heavy atom. The van der Waals surface area contributed by atoms with Gasteiger partial charge in [0.05, 0.1) is 6.04 Å². The summed E-state index contributed by atoms with van der Waals surface area (Å²) in [4.78, 5) is 16.5. The van der Waals surface area contributed by atoms with Gasteiger partial charge in [-0.2, -0.15) is 0 Å². The topological polar surface area (TPSA) is 49.6 Å². The molecular weight excluding hydrogens is 238 g/mol. The number of rotatable bonds is 4. The third-order valence-corrected chi connectivity index (χ3v) is 5.39. The van der Waals surface area contributed by atoms with E-state index in [9.17, 15) is 4.79 Å². The summed E-state index contributed by atoms with van der Waals surface area (Å²) in [6.45, 7) is 4.80. The molecule has 0 radical (unpaired) electrons. The number of nitrogens with zero attached hydrogens (tertiary/aromatic N) is 2. The molecule has 2 aliphatic heterocycles. The van der Waals surface area contributed by atoms with E-state index in [1.165, 1.54) is 51.7 Å². The number of hydrogen-bond donors (Lipinski definition) is 1. The molecule has 4 nitrogen and oxygen atoms in total. The highest BCUT2D eigenvalue weighted by Gasteiger charge is 2.35. The number of primary amides is 1. The molecule has 0 aromatic heterocycles. The Kier molecular flexibility index (Phi) is 4.08. The summed E-state index contributed by atoms with van der Waals surface area (Å²) in [6, 6.07) is 0.612. The van der Waals surface area contributed by atoms with Crippen LogP contribution in [0.25, 0.3) is 0 Å². The first-order valence-electron chi connectivity index (χ1n) is 8.01. The monoisotopic (exact) mass is 265 g/mol. The molecule has 1 atom stereocenters. The minimum atomic E-state index is -0.116. The Morgan fingerprint density at radius 3 is 2.32 bits per heavy atom. The molecule has 2 saturated heterocycles. The third kappa shape index (κ3) is 2.95. The molecule has 19 heavy (non-hydrogen) atoms. The molecule has 0 unspecified atom stereocenters. The van der Waals surface area contributed by atoms with Crippen LogP contribution in [0.4, 0.5) is 0 Å². The number of carbonyl (C=O) groups excluding carboxylic acids is 1. The highest BCUT2D eigenvalue weighted by Crippen LogP contribution is 2.30. The van der Waals surface area contributed by atoms with Crippen molar-refractivity contribution in [1.82, 2.24) is 9.80 Å². The van der Waals surface area contributed by atoms with Gasteiger partial charge in [-0.3, -0.25) is 9.69 Å². The molecular formula is C15H27N3O. The largest absolute Gasteiger partial charge is 0.368 e. The number of piperidine rings is 1. The van der Waals surface area contributed by atoms with Crippen LogP contribution in [0.15, 0.2) is 0 Å². The zero-order valence-electron chi connectivity index (χ0n) is 11.9. The van der Waals surface area contributed by atoms with E-state index in [1.807, 2.05) is 0 Å². The summed E-state index contributed by atoms with van der Waals surface area (Å²) in [5.41, 5.74) is 5.52. The maximum Gasteiger partial charge on any atom is 0.234 e. The van der Waals surface area contributed by atoms with Gasteiger partial charge in [-0.05, 0) is 64.1 Å². The van der Waals surface area contributed by atoms with Crippen molar-refractivity contribution in [3.63, 3.8) is 0 Å². The highest BCUT2D eigenvalue weighted by molar-refractivity contribution is 5.80. The Balaban J connectivity index is 1.47. The minimum Gasteiger partial charge on any atom is -0.368 e. The van der Waals surface area contributed by atoms with Gasteiger partial charge in [-0.1, -0.05) is 6.42 Å². The Hall–Kier alpha value is -0.610. The predicted molar refractivity (Wildman–Crippen MR) is 75.7 cm³/mol. The van der Waals surface area contributed by atoms with Gasteiger partial charge in [0.25, 0.3) is 0 Å². The van der Waals surface area contributed by atoms with Gasteiger partial charge in [0.15, 0.2) is 0 Å². The molecule has 2 N–H and O–H groups in total. The SMILES string of the molecule is NC(=O)[C@H]1CCCN1C1CCN(CC2CCC2)CC1. The second-order valence-corrected chi connectivity index (χ2v) is 6.63. The van der Waals surface area contributed by atoms with Gasteiger partial charge in [0, 0.05) is 12.6 Å². The average Bonchev–Trinajstić information content (AvgIpc) is 2.84. The summed E-state index contributed by atoms with van der Waals surface area (Å²) >= 11 is 0. The van der Waals surface area contributed by atoms with Crippen LogP contribution in [0.3, 0.4) is 0 Å². The minimum absolute atomic E-state index is 0.0168. The van der Waals surface area contributed by atoms with Crippen LogP contribution in [0.5, 0.6) is 0 Å². The van der Waals surface area contributed by atoms with Gasteiger partial charge in [0.1, 0.15) is 0 Å². The molecule has 3 aliphatic rings. The van der Waals surface area contributed by atoms with Crippen LogP contribution in [-0.4, -0.2) is 54.0 Å². The van der Waals surface area contributed by atoms with Crippen LogP contribution in [0.2, 0.25) is 0 Å². The lowest BCUT2D eigenvalue weighted by Gasteiger charge is -2.40. The molecule has 2 heterocycles. The van der Waals surface area contributed by atoms with E-state index < -0.39 is 0 Å². The smallest absolute Gasteiger partial charge is 0.234 e. The number of carbonyl (C=O) groups is 1. The molecule has 108 valence electrons. The van der Waals surface area contributed by atoms with Crippen molar-refractivity contribution in [3.05, 3.63) is 0 Å². The van der Waals surface area contributed by atoms with Crippen molar-refractivity contribution in [3.8, 4) is 0 Å². The van der Waals surface area contributed by atoms with E-state index in [4.69, 9.17) is 5.73 Å². The van der Waals surface area contributed by atoms with Crippen LogP contribution >= 0.6 is 0 Å². The van der Waals surface area contributed by atoms with E-state index in [0.717, 1.165) is 25.3 Å². The molecule has 0 aromatic rings. The van der Waals surface area contributed by atoms with Crippen molar-refractivity contribution in [2.24, 2.45) is 11.7 Å². The summed E-state index contributed by atoms with van der Waals surface area (Å²) < 4.78 is 0. The van der Waals surface area contributed by atoms with E-state index in [0.29, 0.717) is 6.04 Å². The Bertz CT molecular complexity index is 321. The van der Waals surface area contributed by atoms with Crippen molar-refractivity contribution >= 4 is 5.91 Å². The summed E-state index contributed by atoms with van der Waals surface area (Å²) in [5.74, 6) is 0.858. The molecule has 1 saturated carbocycles. The van der Waals surface area contributed by atoms with Crippen molar-refractivity contribution < 1.29 is 4.79 Å². The fourth-order valence-electron chi connectivity index (χ4n) is 4.01. The number of amides is 1. The Morgan fingerprint density at radius 1 is 1.00 bits per heavy atom. The molecule has 3 rings (SSSR count). The first-order chi connectivity index (χ1) is 9.24. The molecule has 1 amide bonds. The van der Waals surface area contributed by atoms with Gasteiger partial charge in [-0.15, -0.1) is 0 Å². The first kappa shape index (κ1) is 13.4. The van der Waals surface area contributed by atoms with E-state index in [1.54, 1.807) is 0 Å². The van der Waals surface area contributed by atoms with E-state index >= 15 is 0 Å². The maximum atomic E-state index is 11.5. The van der Waals surface area contributed by atoms with E-state index in [2.05, 4.69) is 9.80 Å². The normalized spacial score (nSPS) is 31.5. The molecule has 0 spiro atoms. The van der Waals surface area contributed by atoms with E-state index in [-0.39, 0.29) is 11.9 Å². The van der Waals surface area contributed by atoms with Gasteiger partial charge in [0.2, 0.25) is 5.91 Å². The van der Waals surface area contributed by atoms with Crippen LogP contribution in [0.1, 0.15) is 44.9 Å². The second kappa shape index (κ2) is 5.80. The van der Waals surface area contributed by atoms with Gasteiger partial charge in [-0.25, -0.2) is 0 Å². The lowest BCUT2D eigenvalue weighted by Crippen LogP contribution is -2.51. The molecule has 3 fully saturated rings. The standard InChI is InChI=1S/C15H27N3O/c16-15(19)14-5-2-8-18(14)13-6-9-17(10-7-13)11-12-3-1-4-12/h12-14H,1-11H2,(H2,16,19)/t14-/m1/s1. The maximum absolute atomic E-state index is 11.5. The quantitative estimate of drug-likeness (QED) is 0.831. The van der Waals surface area contributed by atoms with Gasteiger partial charge < -0.3 is 10.6 Å². The number of nitrogens with two attached hydrogens (primary N) is 1. The fourth-order valence-corrected chi connectivity index (χ4v) is 4.01. The van der Waals surface area contributed by atoms with Crippen molar-refractivity contribution in [2.45, 2.75) is 57.0 Å².